The highest BCUT2D eigenvalue weighted by Crippen LogP contribution is 2.35. The number of hydrogen-bond acceptors (Lipinski definition) is 6. The Labute approximate surface area is 216 Å². The van der Waals surface area contributed by atoms with E-state index in [4.69, 9.17) is 16.6 Å². The standard InChI is InChI=1S/C27H31ClN6O2/c1-29-19-9-10-20-22(14-19)31-23(35)6-4-2-3-5-21(26-33-24(20)25(28)34-26)32-27(36)17-7-8-18-15-30-12-11-16(18)13-17/h2-3,7-10,13-14,21,24-25,29-30H,4-6,11-12,15H2,1H3,(H,31,35)(H,32,36)(H,33,34)/b3-2+/t21-,24?,25?/m0/s1. The number of anilines is 2. The van der Waals surface area contributed by atoms with Gasteiger partial charge < -0.3 is 26.6 Å². The number of fused-ring (bicyclic) bond motifs is 4. The van der Waals surface area contributed by atoms with E-state index in [1.165, 1.54) is 11.1 Å². The SMILES string of the molecule is CNc1ccc2c(c1)NC(=O)CC/C=C/C[C@H](NC(=O)c1ccc3c(c1)CCNC3)C1=NC2C(Cl)N1. The number of nitrogens with one attached hydrogen (secondary N) is 5. The van der Waals surface area contributed by atoms with Crippen LogP contribution in [0.25, 0.3) is 0 Å². The lowest BCUT2D eigenvalue weighted by molar-refractivity contribution is -0.116. The molecule has 0 aliphatic carbocycles. The summed E-state index contributed by atoms with van der Waals surface area (Å²) >= 11 is 6.72. The fourth-order valence-corrected chi connectivity index (χ4v) is 5.15. The molecule has 3 heterocycles. The molecule has 8 nitrogen and oxygen atoms in total. The zero-order valence-electron chi connectivity index (χ0n) is 20.2. The molecule has 5 N–H and O–H groups in total. The van der Waals surface area contributed by atoms with Gasteiger partial charge in [-0.2, -0.15) is 0 Å². The van der Waals surface area contributed by atoms with Crippen molar-refractivity contribution in [3.63, 3.8) is 0 Å². The zero-order chi connectivity index (χ0) is 25.1. The Kier molecular flexibility index (Phi) is 7.25. The summed E-state index contributed by atoms with van der Waals surface area (Å²) < 4.78 is 0. The van der Waals surface area contributed by atoms with E-state index in [9.17, 15) is 9.59 Å². The average molecular weight is 507 g/mol. The van der Waals surface area contributed by atoms with Crippen molar-refractivity contribution in [2.45, 2.75) is 49.8 Å². The Morgan fingerprint density at radius 3 is 2.86 bits per heavy atom. The molecule has 0 radical (unpaired) electrons. The summed E-state index contributed by atoms with van der Waals surface area (Å²) in [6.07, 6.45) is 6.37. The third-order valence-electron chi connectivity index (χ3n) is 6.84. The number of amidine groups is 1. The summed E-state index contributed by atoms with van der Waals surface area (Å²) in [5.41, 5.74) is 4.96. The first kappa shape index (κ1) is 24.3. The van der Waals surface area contributed by atoms with Crippen LogP contribution in [0.5, 0.6) is 0 Å². The number of halogens is 1. The maximum atomic E-state index is 13.3. The highest BCUT2D eigenvalue weighted by molar-refractivity contribution is 6.23. The summed E-state index contributed by atoms with van der Waals surface area (Å²) in [6.45, 7) is 1.75. The number of aliphatic imine (C=N–C) groups is 1. The van der Waals surface area contributed by atoms with Crippen molar-refractivity contribution >= 4 is 40.6 Å². The maximum Gasteiger partial charge on any atom is 0.251 e. The molecule has 2 aromatic carbocycles. The number of rotatable bonds is 3. The third-order valence-corrected chi connectivity index (χ3v) is 7.19. The summed E-state index contributed by atoms with van der Waals surface area (Å²) in [7, 11) is 1.83. The molecule has 0 saturated carbocycles. The Morgan fingerprint density at radius 2 is 2.00 bits per heavy atom. The second-order valence-corrected chi connectivity index (χ2v) is 9.76. The lowest BCUT2D eigenvalue weighted by Crippen LogP contribution is -2.46. The van der Waals surface area contributed by atoms with E-state index in [0.29, 0.717) is 36.3 Å². The van der Waals surface area contributed by atoms with Crippen molar-refractivity contribution in [3.8, 4) is 0 Å². The minimum Gasteiger partial charge on any atom is -0.388 e. The Balaban J connectivity index is 1.44. The first-order chi connectivity index (χ1) is 17.5. The lowest BCUT2D eigenvalue weighted by Gasteiger charge is -2.21. The van der Waals surface area contributed by atoms with Crippen molar-refractivity contribution in [1.29, 1.82) is 0 Å². The third kappa shape index (κ3) is 5.24. The molecular formula is C27H31ClN6O2. The van der Waals surface area contributed by atoms with Crippen LogP contribution in [-0.2, 0) is 17.8 Å². The molecule has 0 fully saturated rings. The molecule has 2 unspecified atom stereocenters. The predicted molar refractivity (Wildman–Crippen MR) is 144 cm³/mol. The summed E-state index contributed by atoms with van der Waals surface area (Å²) in [5, 5.41) is 15.9. The molecule has 3 atom stereocenters. The average Bonchev–Trinajstić information content (AvgIpc) is 3.28. The first-order valence-electron chi connectivity index (χ1n) is 12.4. The monoisotopic (exact) mass is 506 g/mol. The van der Waals surface area contributed by atoms with Gasteiger partial charge in [0.05, 0.1) is 6.04 Å². The van der Waals surface area contributed by atoms with Gasteiger partial charge in [0.2, 0.25) is 5.91 Å². The van der Waals surface area contributed by atoms with Gasteiger partial charge in [0, 0.05) is 42.5 Å². The number of carbonyl (C=O) groups excluding carboxylic acids is 2. The molecule has 36 heavy (non-hydrogen) atoms. The van der Waals surface area contributed by atoms with Crippen LogP contribution in [0.1, 0.15) is 52.4 Å². The summed E-state index contributed by atoms with van der Waals surface area (Å²) in [5.74, 6) is 0.422. The molecule has 0 saturated heterocycles. The molecule has 188 valence electrons. The van der Waals surface area contributed by atoms with Gasteiger partial charge >= 0.3 is 0 Å². The van der Waals surface area contributed by atoms with Gasteiger partial charge in [-0.25, -0.2) is 0 Å². The van der Waals surface area contributed by atoms with Crippen LogP contribution in [0, 0.1) is 0 Å². The molecule has 3 aliphatic heterocycles. The molecule has 5 rings (SSSR count). The lowest BCUT2D eigenvalue weighted by atomic mass is 9.98. The molecule has 2 aromatic rings. The predicted octanol–water partition coefficient (Wildman–Crippen LogP) is 3.46. The van der Waals surface area contributed by atoms with E-state index < -0.39 is 11.5 Å². The van der Waals surface area contributed by atoms with Crippen LogP contribution < -0.4 is 26.6 Å². The summed E-state index contributed by atoms with van der Waals surface area (Å²) in [6, 6.07) is 10.9. The minimum absolute atomic E-state index is 0.0675. The summed E-state index contributed by atoms with van der Waals surface area (Å²) in [4.78, 5) is 30.8. The van der Waals surface area contributed by atoms with Crippen molar-refractivity contribution in [3.05, 3.63) is 70.8 Å². The number of alkyl halides is 1. The molecule has 2 bridgehead atoms. The van der Waals surface area contributed by atoms with Gasteiger partial charge in [-0.05, 0) is 61.2 Å². The fraction of sp³-hybridized carbons (Fsp3) is 0.370. The number of carbonyl (C=O) groups is 2. The minimum atomic E-state index is -0.515. The fourth-order valence-electron chi connectivity index (χ4n) is 4.84. The Morgan fingerprint density at radius 1 is 1.11 bits per heavy atom. The molecule has 0 aromatic heterocycles. The van der Waals surface area contributed by atoms with Gasteiger partial charge in [-0.3, -0.25) is 14.6 Å². The second kappa shape index (κ2) is 10.7. The number of hydrogen-bond donors (Lipinski definition) is 5. The van der Waals surface area contributed by atoms with E-state index in [0.717, 1.165) is 30.8 Å². The van der Waals surface area contributed by atoms with E-state index >= 15 is 0 Å². The van der Waals surface area contributed by atoms with Crippen molar-refractivity contribution in [1.82, 2.24) is 16.0 Å². The highest BCUT2D eigenvalue weighted by atomic mass is 35.5. The molecule has 9 heteroatoms. The molecular weight excluding hydrogens is 476 g/mol. The Bertz CT molecular complexity index is 1230. The van der Waals surface area contributed by atoms with Gasteiger partial charge in [-0.1, -0.05) is 35.9 Å². The van der Waals surface area contributed by atoms with Crippen LogP contribution in [0.3, 0.4) is 0 Å². The van der Waals surface area contributed by atoms with Crippen molar-refractivity contribution < 1.29 is 9.59 Å². The second-order valence-electron chi connectivity index (χ2n) is 9.29. The van der Waals surface area contributed by atoms with E-state index in [1.54, 1.807) is 0 Å². The van der Waals surface area contributed by atoms with Crippen LogP contribution in [0.4, 0.5) is 11.4 Å². The van der Waals surface area contributed by atoms with Crippen LogP contribution in [-0.4, -0.2) is 42.8 Å². The quantitative estimate of drug-likeness (QED) is 0.249. The number of allylic oxidation sites excluding steroid dienone is 1. The number of benzene rings is 2. The van der Waals surface area contributed by atoms with Crippen molar-refractivity contribution in [2.75, 3.05) is 24.2 Å². The van der Waals surface area contributed by atoms with Gasteiger partial charge in [0.15, 0.2) is 0 Å². The molecule has 2 amide bonds. The normalized spacial score (nSPS) is 24.3. The van der Waals surface area contributed by atoms with Gasteiger partial charge in [0.1, 0.15) is 17.4 Å². The number of amides is 2. The van der Waals surface area contributed by atoms with Gasteiger partial charge in [-0.15, -0.1) is 0 Å². The van der Waals surface area contributed by atoms with E-state index in [2.05, 4.69) is 26.6 Å². The van der Waals surface area contributed by atoms with E-state index in [1.807, 2.05) is 55.6 Å². The van der Waals surface area contributed by atoms with Gasteiger partial charge in [0.25, 0.3) is 5.91 Å². The number of nitrogens with zero attached hydrogens (tertiary/aromatic N) is 1. The van der Waals surface area contributed by atoms with E-state index in [-0.39, 0.29) is 17.9 Å². The highest BCUT2D eigenvalue weighted by Gasteiger charge is 2.34. The maximum absolute atomic E-state index is 13.3. The molecule has 0 spiro atoms. The topological polar surface area (TPSA) is 107 Å². The zero-order valence-corrected chi connectivity index (χ0v) is 21.0. The largest absolute Gasteiger partial charge is 0.388 e. The first-order valence-corrected chi connectivity index (χ1v) is 12.8. The van der Waals surface area contributed by atoms with Crippen LogP contribution in [0.2, 0.25) is 0 Å². The van der Waals surface area contributed by atoms with Crippen LogP contribution in [0.15, 0.2) is 53.5 Å². The van der Waals surface area contributed by atoms with Crippen molar-refractivity contribution in [2.24, 2.45) is 4.99 Å². The molecule has 3 aliphatic rings. The Hall–Kier alpha value is -3.36. The van der Waals surface area contributed by atoms with Crippen LogP contribution >= 0.6 is 11.6 Å². The smallest absolute Gasteiger partial charge is 0.251 e.